The smallest absolute Gasteiger partial charge is 0.127 e. The molecule has 1 aromatic heterocycles. The number of hydrazine groups is 1. The van der Waals surface area contributed by atoms with E-state index in [1.54, 1.807) is 12.3 Å². The largest absolute Gasteiger partial charge is 0.337 e. The molecule has 0 amide bonds. The zero-order chi connectivity index (χ0) is 13.1. The first-order valence-electron chi connectivity index (χ1n) is 5.49. The topological polar surface area (TPSA) is 55.9 Å². The van der Waals surface area contributed by atoms with E-state index in [-0.39, 0.29) is 6.04 Å². The maximum absolute atomic E-state index is 6.17. The van der Waals surface area contributed by atoms with Gasteiger partial charge in [0.2, 0.25) is 0 Å². The van der Waals surface area contributed by atoms with E-state index in [4.69, 9.17) is 29.0 Å². The first kappa shape index (κ1) is 13.4. The Kier molecular flexibility index (Phi) is 4.24. The average Bonchev–Trinajstić information content (AvgIpc) is 2.77. The van der Waals surface area contributed by atoms with Gasteiger partial charge in [-0.25, -0.2) is 10.4 Å². The lowest BCUT2D eigenvalue weighted by Gasteiger charge is -2.16. The second-order valence-corrected chi connectivity index (χ2v) is 4.82. The van der Waals surface area contributed by atoms with Crippen LogP contribution in [0, 0.1) is 0 Å². The molecule has 4 nitrogen and oxygen atoms in total. The summed E-state index contributed by atoms with van der Waals surface area (Å²) in [6, 6.07) is 5.46. The third kappa shape index (κ3) is 2.67. The van der Waals surface area contributed by atoms with Crippen molar-refractivity contribution in [1.29, 1.82) is 0 Å². The quantitative estimate of drug-likeness (QED) is 0.670. The summed E-state index contributed by atoms with van der Waals surface area (Å²) in [5, 5.41) is 1.11. The minimum absolute atomic E-state index is 0.110. The molecule has 1 aromatic carbocycles. The fourth-order valence-corrected chi connectivity index (χ4v) is 2.26. The lowest BCUT2D eigenvalue weighted by atomic mass is 10.1. The predicted octanol–water partition coefficient (Wildman–Crippen LogP) is 2.47. The third-order valence-electron chi connectivity index (χ3n) is 2.83. The van der Waals surface area contributed by atoms with Crippen molar-refractivity contribution >= 4 is 23.2 Å². The lowest BCUT2D eigenvalue weighted by Crippen LogP contribution is -2.31. The summed E-state index contributed by atoms with van der Waals surface area (Å²) in [6.45, 7) is 0. The number of nitrogens with zero attached hydrogens (tertiary/aromatic N) is 2. The maximum atomic E-state index is 6.17. The second-order valence-electron chi connectivity index (χ2n) is 4.03. The molecule has 2 rings (SSSR count). The summed E-state index contributed by atoms with van der Waals surface area (Å²) in [5.74, 6) is 6.44. The van der Waals surface area contributed by atoms with E-state index in [2.05, 4.69) is 10.4 Å². The SMILES string of the molecule is Cn1ccnc1C(Cc1cccc(Cl)c1Cl)NN. The summed E-state index contributed by atoms with van der Waals surface area (Å²) in [5.41, 5.74) is 3.70. The summed E-state index contributed by atoms with van der Waals surface area (Å²) in [6.07, 6.45) is 4.24. The van der Waals surface area contributed by atoms with Crippen LogP contribution in [0.15, 0.2) is 30.6 Å². The van der Waals surface area contributed by atoms with Crippen LogP contribution in [0.5, 0.6) is 0 Å². The second kappa shape index (κ2) is 5.71. The number of hydrogen-bond acceptors (Lipinski definition) is 3. The monoisotopic (exact) mass is 284 g/mol. The molecule has 0 saturated carbocycles. The van der Waals surface area contributed by atoms with Crippen LogP contribution < -0.4 is 11.3 Å². The summed E-state index contributed by atoms with van der Waals surface area (Å²) < 4.78 is 1.92. The molecule has 0 aliphatic heterocycles. The molecule has 1 heterocycles. The Morgan fingerprint density at radius 2 is 2.22 bits per heavy atom. The van der Waals surface area contributed by atoms with Gasteiger partial charge in [-0.15, -0.1) is 0 Å². The highest BCUT2D eigenvalue weighted by Gasteiger charge is 2.17. The van der Waals surface area contributed by atoms with Crippen molar-refractivity contribution in [2.24, 2.45) is 12.9 Å². The van der Waals surface area contributed by atoms with E-state index in [0.29, 0.717) is 16.5 Å². The Morgan fingerprint density at radius 3 is 2.83 bits per heavy atom. The van der Waals surface area contributed by atoms with Gasteiger partial charge in [-0.2, -0.15) is 0 Å². The minimum atomic E-state index is -0.110. The van der Waals surface area contributed by atoms with Gasteiger partial charge in [0, 0.05) is 19.4 Å². The number of halogens is 2. The van der Waals surface area contributed by atoms with Crippen molar-refractivity contribution in [1.82, 2.24) is 15.0 Å². The molecule has 0 aliphatic rings. The van der Waals surface area contributed by atoms with Crippen molar-refractivity contribution < 1.29 is 0 Å². The van der Waals surface area contributed by atoms with Gasteiger partial charge >= 0.3 is 0 Å². The third-order valence-corrected chi connectivity index (χ3v) is 3.68. The van der Waals surface area contributed by atoms with Crippen molar-refractivity contribution in [2.75, 3.05) is 0 Å². The Morgan fingerprint density at radius 1 is 1.44 bits per heavy atom. The van der Waals surface area contributed by atoms with Crippen LogP contribution in [-0.2, 0) is 13.5 Å². The Balaban J connectivity index is 2.26. The zero-order valence-electron chi connectivity index (χ0n) is 9.90. The van der Waals surface area contributed by atoms with Crippen LogP contribution in [0.25, 0.3) is 0 Å². The Bertz CT molecular complexity index is 539. The molecule has 1 atom stereocenters. The van der Waals surface area contributed by atoms with Gasteiger partial charge in [-0.05, 0) is 18.1 Å². The first-order valence-corrected chi connectivity index (χ1v) is 6.25. The van der Waals surface area contributed by atoms with Crippen LogP contribution in [0.2, 0.25) is 10.0 Å². The number of nitrogens with one attached hydrogen (secondary N) is 1. The molecule has 0 aliphatic carbocycles. The van der Waals surface area contributed by atoms with Crippen LogP contribution >= 0.6 is 23.2 Å². The molecule has 1 unspecified atom stereocenters. The Hall–Kier alpha value is -1.07. The molecule has 2 aromatic rings. The van der Waals surface area contributed by atoms with E-state index in [0.717, 1.165) is 11.4 Å². The van der Waals surface area contributed by atoms with Crippen molar-refractivity contribution in [3.63, 3.8) is 0 Å². The molecule has 0 bridgehead atoms. The molecule has 0 saturated heterocycles. The van der Waals surface area contributed by atoms with Gasteiger partial charge in [0.05, 0.1) is 16.1 Å². The minimum Gasteiger partial charge on any atom is -0.337 e. The molecule has 0 spiro atoms. The fourth-order valence-electron chi connectivity index (χ4n) is 1.86. The number of aryl methyl sites for hydroxylation is 1. The zero-order valence-corrected chi connectivity index (χ0v) is 11.4. The molecule has 3 N–H and O–H groups in total. The van der Waals surface area contributed by atoms with Crippen LogP contribution in [-0.4, -0.2) is 9.55 Å². The average molecular weight is 285 g/mol. The number of imidazole rings is 1. The highest BCUT2D eigenvalue weighted by atomic mass is 35.5. The van der Waals surface area contributed by atoms with Crippen LogP contribution in [0.1, 0.15) is 17.4 Å². The van der Waals surface area contributed by atoms with Gasteiger partial charge in [0.25, 0.3) is 0 Å². The van der Waals surface area contributed by atoms with Gasteiger partial charge in [-0.1, -0.05) is 35.3 Å². The van der Waals surface area contributed by atoms with Crippen molar-refractivity contribution in [3.05, 3.63) is 52.0 Å². The van der Waals surface area contributed by atoms with Crippen molar-refractivity contribution in [3.8, 4) is 0 Å². The van der Waals surface area contributed by atoms with E-state index >= 15 is 0 Å². The highest BCUT2D eigenvalue weighted by molar-refractivity contribution is 6.42. The molecule has 18 heavy (non-hydrogen) atoms. The van der Waals surface area contributed by atoms with Crippen LogP contribution in [0.4, 0.5) is 0 Å². The van der Waals surface area contributed by atoms with Gasteiger partial charge in [-0.3, -0.25) is 5.84 Å². The predicted molar refractivity (Wildman–Crippen MR) is 73.4 cm³/mol. The normalized spacial score (nSPS) is 12.7. The molecule has 0 radical (unpaired) electrons. The highest BCUT2D eigenvalue weighted by Crippen LogP contribution is 2.28. The van der Waals surface area contributed by atoms with E-state index < -0.39 is 0 Å². The molecular formula is C12H14Cl2N4. The van der Waals surface area contributed by atoms with Crippen LogP contribution in [0.3, 0.4) is 0 Å². The standard InChI is InChI=1S/C12H14Cl2N4/c1-18-6-5-16-12(18)10(17-15)7-8-3-2-4-9(13)11(8)14/h2-6,10,17H,7,15H2,1H3. The van der Waals surface area contributed by atoms with Crippen molar-refractivity contribution in [2.45, 2.75) is 12.5 Å². The molecule has 0 fully saturated rings. The molecule has 96 valence electrons. The summed E-state index contributed by atoms with van der Waals surface area (Å²) >= 11 is 12.2. The van der Waals surface area contributed by atoms with E-state index in [1.165, 1.54) is 0 Å². The maximum Gasteiger partial charge on any atom is 0.127 e. The van der Waals surface area contributed by atoms with E-state index in [1.807, 2.05) is 29.9 Å². The van der Waals surface area contributed by atoms with E-state index in [9.17, 15) is 0 Å². The lowest BCUT2D eigenvalue weighted by molar-refractivity contribution is 0.507. The number of rotatable bonds is 4. The summed E-state index contributed by atoms with van der Waals surface area (Å²) in [7, 11) is 1.92. The Labute approximate surface area is 116 Å². The van der Waals surface area contributed by atoms with Gasteiger partial charge in [0.15, 0.2) is 0 Å². The van der Waals surface area contributed by atoms with Gasteiger partial charge < -0.3 is 4.57 Å². The number of aromatic nitrogens is 2. The number of benzene rings is 1. The number of nitrogens with two attached hydrogens (primary N) is 1. The number of hydrogen-bond donors (Lipinski definition) is 2. The first-order chi connectivity index (χ1) is 8.63. The molecule has 6 heteroatoms. The fraction of sp³-hybridized carbons (Fsp3) is 0.250. The summed E-state index contributed by atoms with van der Waals surface area (Å²) in [4.78, 5) is 4.28. The van der Waals surface area contributed by atoms with Gasteiger partial charge in [0.1, 0.15) is 5.82 Å². The molecular weight excluding hydrogens is 271 g/mol.